The van der Waals surface area contributed by atoms with Crippen LogP contribution in [0.4, 0.5) is 6.01 Å². The molecule has 0 aliphatic carbocycles. The van der Waals surface area contributed by atoms with E-state index in [1.54, 1.807) is 24.5 Å². The standard InChI is InChI=1S/C14H9N5O2S/c20-12(8-1-2-10-11(5-8)16-7-15-10)17-14-19-18-13(21-14)9-3-4-22-6-9/h1-7H,(H,15,16)(H,17,19,20). The van der Waals surface area contributed by atoms with E-state index in [9.17, 15) is 4.79 Å². The largest absolute Gasteiger partial charge is 0.403 e. The van der Waals surface area contributed by atoms with Gasteiger partial charge in [0.1, 0.15) is 0 Å². The van der Waals surface area contributed by atoms with Gasteiger partial charge in [0.15, 0.2) is 0 Å². The first kappa shape index (κ1) is 12.7. The first-order valence-electron chi connectivity index (χ1n) is 6.40. The van der Waals surface area contributed by atoms with Gasteiger partial charge in [0.05, 0.1) is 17.4 Å². The van der Waals surface area contributed by atoms with E-state index in [1.807, 2.05) is 16.8 Å². The lowest BCUT2D eigenvalue weighted by Crippen LogP contribution is -2.12. The molecule has 3 aromatic heterocycles. The Hall–Kier alpha value is -3.00. The summed E-state index contributed by atoms with van der Waals surface area (Å²) in [5, 5.41) is 14.1. The van der Waals surface area contributed by atoms with Crippen LogP contribution in [0.3, 0.4) is 0 Å². The molecule has 0 saturated carbocycles. The molecule has 0 spiro atoms. The number of nitrogens with one attached hydrogen (secondary N) is 2. The Morgan fingerprint density at radius 3 is 3.09 bits per heavy atom. The SMILES string of the molecule is O=C(Nc1nnc(-c2ccsc2)o1)c1ccc2nc[nH]c2c1. The summed E-state index contributed by atoms with van der Waals surface area (Å²) in [5.41, 5.74) is 2.90. The van der Waals surface area contributed by atoms with E-state index >= 15 is 0 Å². The average Bonchev–Trinajstić information content (AvgIpc) is 3.27. The number of hydrogen-bond acceptors (Lipinski definition) is 6. The third-order valence-electron chi connectivity index (χ3n) is 3.10. The number of fused-ring (bicyclic) bond motifs is 1. The molecule has 0 unspecified atom stereocenters. The van der Waals surface area contributed by atoms with E-state index in [0.29, 0.717) is 11.5 Å². The van der Waals surface area contributed by atoms with E-state index < -0.39 is 0 Å². The number of thiophene rings is 1. The lowest BCUT2D eigenvalue weighted by molar-refractivity contribution is 0.102. The average molecular weight is 311 g/mol. The number of aromatic amines is 1. The number of carbonyl (C=O) groups is 1. The normalized spacial score (nSPS) is 10.9. The molecular weight excluding hydrogens is 302 g/mol. The summed E-state index contributed by atoms with van der Waals surface area (Å²) in [6.07, 6.45) is 1.58. The van der Waals surface area contributed by atoms with Crippen molar-refractivity contribution in [2.24, 2.45) is 0 Å². The third kappa shape index (κ3) is 2.25. The molecule has 7 nitrogen and oxygen atoms in total. The number of nitrogens with zero attached hydrogens (tertiary/aromatic N) is 3. The minimum Gasteiger partial charge on any atom is -0.403 e. The summed E-state index contributed by atoms with van der Waals surface area (Å²) in [4.78, 5) is 19.3. The second-order valence-corrected chi connectivity index (χ2v) is 5.29. The highest BCUT2D eigenvalue weighted by molar-refractivity contribution is 7.08. The zero-order chi connectivity index (χ0) is 14.9. The molecule has 0 atom stereocenters. The van der Waals surface area contributed by atoms with Crippen molar-refractivity contribution in [2.45, 2.75) is 0 Å². The van der Waals surface area contributed by atoms with Crippen molar-refractivity contribution >= 4 is 34.3 Å². The zero-order valence-electron chi connectivity index (χ0n) is 11.1. The minimum atomic E-state index is -0.322. The number of imidazole rings is 1. The molecule has 0 fully saturated rings. The van der Waals surface area contributed by atoms with E-state index in [4.69, 9.17) is 4.42 Å². The molecule has 1 amide bonds. The molecule has 8 heteroatoms. The number of rotatable bonds is 3. The lowest BCUT2D eigenvalue weighted by atomic mass is 10.2. The van der Waals surface area contributed by atoms with Crippen molar-refractivity contribution in [2.75, 3.05) is 5.32 Å². The molecular formula is C14H9N5O2S. The van der Waals surface area contributed by atoms with Crippen LogP contribution in [0.15, 0.2) is 45.8 Å². The molecule has 0 saturated heterocycles. The Morgan fingerprint density at radius 2 is 2.23 bits per heavy atom. The van der Waals surface area contributed by atoms with Crippen LogP contribution < -0.4 is 5.32 Å². The maximum Gasteiger partial charge on any atom is 0.322 e. The molecule has 0 bridgehead atoms. The zero-order valence-corrected chi connectivity index (χ0v) is 11.9. The topological polar surface area (TPSA) is 96.7 Å². The quantitative estimate of drug-likeness (QED) is 0.606. The van der Waals surface area contributed by atoms with Gasteiger partial charge in [-0.2, -0.15) is 11.3 Å². The van der Waals surface area contributed by atoms with Gasteiger partial charge in [0, 0.05) is 16.5 Å². The van der Waals surface area contributed by atoms with Crippen LogP contribution in [0.5, 0.6) is 0 Å². The summed E-state index contributed by atoms with van der Waals surface area (Å²) < 4.78 is 5.42. The molecule has 4 aromatic rings. The van der Waals surface area contributed by atoms with Gasteiger partial charge in [0.25, 0.3) is 11.8 Å². The predicted octanol–water partition coefficient (Wildman–Crippen LogP) is 2.93. The van der Waals surface area contributed by atoms with Crippen LogP contribution in [-0.2, 0) is 0 Å². The Labute approximate surface area is 128 Å². The minimum absolute atomic E-state index is 0.0657. The van der Waals surface area contributed by atoms with Crippen molar-refractivity contribution in [3.05, 3.63) is 46.9 Å². The first-order chi connectivity index (χ1) is 10.8. The van der Waals surface area contributed by atoms with Crippen molar-refractivity contribution < 1.29 is 9.21 Å². The summed E-state index contributed by atoms with van der Waals surface area (Å²) in [7, 11) is 0. The van der Waals surface area contributed by atoms with Crippen LogP contribution in [0, 0.1) is 0 Å². The number of H-pyrrole nitrogens is 1. The summed E-state index contributed by atoms with van der Waals surface area (Å²) in [6, 6.07) is 7.11. The van der Waals surface area contributed by atoms with Crippen molar-refractivity contribution in [1.29, 1.82) is 0 Å². The first-order valence-corrected chi connectivity index (χ1v) is 7.34. The number of hydrogen-bond donors (Lipinski definition) is 2. The molecule has 2 N–H and O–H groups in total. The predicted molar refractivity (Wildman–Crippen MR) is 81.7 cm³/mol. The molecule has 4 rings (SSSR count). The summed E-state index contributed by atoms with van der Waals surface area (Å²) in [5.74, 6) is 0.0533. The number of aromatic nitrogens is 4. The lowest BCUT2D eigenvalue weighted by Gasteiger charge is -2.00. The van der Waals surface area contributed by atoms with Gasteiger partial charge >= 0.3 is 6.01 Å². The maximum absolute atomic E-state index is 12.2. The highest BCUT2D eigenvalue weighted by atomic mass is 32.1. The van der Waals surface area contributed by atoms with E-state index in [1.165, 1.54) is 11.3 Å². The number of anilines is 1. The van der Waals surface area contributed by atoms with Gasteiger partial charge in [-0.15, -0.1) is 5.10 Å². The van der Waals surface area contributed by atoms with Crippen LogP contribution in [0.25, 0.3) is 22.5 Å². The summed E-state index contributed by atoms with van der Waals surface area (Å²) in [6.45, 7) is 0. The summed E-state index contributed by atoms with van der Waals surface area (Å²) >= 11 is 1.53. The Morgan fingerprint density at radius 1 is 1.27 bits per heavy atom. The van der Waals surface area contributed by atoms with Gasteiger partial charge in [0.2, 0.25) is 0 Å². The van der Waals surface area contributed by atoms with Crippen LogP contribution in [0.1, 0.15) is 10.4 Å². The second-order valence-electron chi connectivity index (χ2n) is 4.51. The van der Waals surface area contributed by atoms with Crippen LogP contribution in [-0.4, -0.2) is 26.1 Å². The fourth-order valence-corrected chi connectivity index (χ4v) is 2.65. The van der Waals surface area contributed by atoms with Crippen LogP contribution in [0.2, 0.25) is 0 Å². The second kappa shape index (κ2) is 5.08. The van der Waals surface area contributed by atoms with E-state index in [0.717, 1.165) is 16.6 Å². The highest BCUT2D eigenvalue weighted by Gasteiger charge is 2.13. The van der Waals surface area contributed by atoms with E-state index in [2.05, 4.69) is 25.5 Å². The van der Waals surface area contributed by atoms with Gasteiger partial charge in [-0.1, -0.05) is 5.10 Å². The Bertz CT molecular complexity index is 941. The Kier molecular flexibility index (Phi) is 2.94. The fourth-order valence-electron chi connectivity index (χ4n) is 2.02. The van der Waals surface area contributed by atoms with Crippen molar-refractivity contribution in [3.8, 4) is 11.5 Å². The maximum atomic E-state index is 12.2. The molecule has 3 heterocycles. The monoisotopic (exact) mass is 311 g/mol. The smallest absolute Gasteiger partial charge is 0.322 e. The molecule has 1 aromatic carbocycles. The number of carbonyl (C=O) groups excluding carboxylic acids is 1. The molecule has 0 aliphatic rings. The molecule has 22 heavy (non-hydrogen) atoms. The van der Waals surface area contributed by atoms with Gasteiger partial charge in [-0.05, 0) is 29.6 Å². The van der Waals surface area contributed by atoms with Crippen LogP contribution >= 0.6 is 11.3 Å². The van der Waals surface area contributed by atoms with Crippen molar-refractivity contribution in [1.82, 2.24) is 20.2 Å². The highest BCUT2D eigenvalue weighted by Crippen LogP contribution is 2.22. The fraction of sp³-hybridized carbons (Fsp3) is 0. The molecule has 108 valence electrons. The van der Waals surface area contributed by atoms with Gasteiger partial charge in [-0.25, -0.2) is 4.98 Å². The van der Waals surface area contributed by atoms with E-state index in [-0.39, 0.29) is 11.9 Å². The van der Waals surface area contributed by atoms with Crippen molar-refractivity contribution in [3.63, 3.8) is 0 Å². The van der Waals surface area contributed by atoms with Gasteiger partial charge < -0.3 is 9.40 Å². The molecule has 0 aliphatic heterocycles. The number of benzene rings is 1. The number of amides is 1. The third-order valence-corrected chi connectivity index (χ3v) is 3.78. The Balaban J connectivity index is 1.56. The molecule has 0 radical (unpaired) electrons. The van der Waals surface area contributed by atoms with Gasteiger partial charge in [-0.3, -0.25) is 10.1 Å².